The molecule has 0 aliphatic heterocycles. The molecule has 0 radical (unpaired) electrons. The van der Waals surface area contributed by atoms with Gasteiger partial charge in [-0.05, 0) is 54.2 Å². The Balaban J connectivity index is 2.15. The van der Waals surface area contributed by atoms with Gasteiger partial charge in [-0.25, -0.2) is 0 Å². The summed E-state index contributed by atoms with van der Waals surface area (Å²) in [7, 11) is 0. The van der Waals surface area contributed by atoms with E-state index < -0.39 is 6.04 Å². The predicted octanol–water partition coefficient (Wildman–Crippen LogP) is 5.61. The van der Waals surface area contributed by atoms with Crippen molar-refractivity contribution in [3.05, 3.63) is 63.6 Å². The van der Waals surface area contributed by atoms with Gasteiger partial charge in [0.1, 0.15) is 11.8 Å². The minimum atomic E-state index is -0.671. The van der Waals surface area contributed by atoms with Crippen LogP contribution in [0, 0.1) is 0 Å². The van der Waals surface area contributed by atoms with Gasteiger partial charge in [-0.15, -0.1) is 0 Å². The molecule has 0 aromatic heterocycles. The number of hydrogen-bond donors (Lipinski definition) is 1. The Kier molecular flexibility index (Phi) is 9.41. The molecule has 5 nitrogen and oxygen atoms in total. The number of carbonyl (C=O) groups is 2. The summed E-state index contributed by atoms with van der Waals surface area (Å²) >= 11 is 12.1. The Morgan fingerprint density at radius 2 is 1.72 bits per heavy atom. The lowest BCUT2D eigenvalue weighted by Gasteiger charge is -2.29. The molecule has 0 heterocycles. The molecule has 0 aliphatic carbocycles. The lowest BCUT2D eigenvalue weighted by atomic mass is 9.87. The second-order valence-electron chi connectivity index (χ2n) is 8.80. The van der Waals surface area contributed by atoms with Crippen LogP contribution < -0.4 is 10.1 Å². The summed E-state index contributed by atoms with van der Waals surface area (Å²) < 4.78 is 5.74. The molecule has 0 aliphatic rings. The maximum absolute atomic E-state index is 13.1. The van der Waals surface area contributed by atoms with Gasteiger partial charge in [0, 0.05) is 13.1 Å². The highest BCUT2D eigenvalue weighted by Crippen LogP contribution is 2.25. The van der Waals surface area contributed by atoms with Crippen molar-refractivity contribution < 1.29 is 14.3 Å². The van der Waals surface area contributed by atoms with Gasteiger partial charge in [-0.2, -0.15) is 0 Å². The van der Waals surface area contributed by atoms with Gasteiger partial charge in [0.05, 0.1) is 10.0 Å². The van der Waals surface area contributed by atoms with Crippen molar-refractivity contribution in [3.63, 3.8) is 0 Å². The summed E-state index contributed by atoms with van der Waals surface area (Å²) in [6.07, 6.45) is 0.812. The number of rotatable bonds is 9. The zero-order valence-electron chi connectivity index (χ0n) is 19.4. The largest absolute Gasteiger partial charge is 0.484 e. The first-order chi connectivity index (χ1) is 15.0. The van der Waals surface area contributed by atoms with E-state index in [0.29, 0.717) is 22.3 Å². The molecular formula is C25H32Cl2N2O3. The number of ether oxygens (including phenoxy) is 1. The normalized spacial score (nSPS) is 12.2. The summed E-state index contributed by atoms with van der Waals surface area (Å²) in [5, 5.41) is 3.68. The van der Waals surface area contributed by atoms with Crippen LogP contribution in [-0.2, 0) is 21.5 Å². The van der Waals surface area contributed by atoms with E-state index in [1.807, 2.05) is 31.2 Å². The Hall–Kier alpha value is -2.24. The maximum Gasteiger partial charge on any atom is 0.261 e. The molecule has 2 amide bonds. The number of hydrogen-bond acceptors (Lipinski definition) is 3. The summed E-state index contributed by atoms with van der Waals surface area (Å²) in [4.78, 5) is 27.1. The zero-order valence-corrected chi connectivity index (χ0v) is 20.9. The van der Waals surface area contributed by atoms with Crippen molar-refractivity contribution in [2.45, 2.75) is 59.0 Å². The highest BCUT2D eigenvalue weighted by Gasteiger charge is 2.26. The molecule has 2 aromatic carbocycles. The third kappa shape index (κ3) is 7.42. The van der Waals surface area contributed by atoms with Gasteiger partial charge >= 0.3 is 0 Å². The second kappa shape index (κ2) is 11.6. The van der Waals surface area contributed by atoms with Crippen LogP contribution in [0.2, 0.25) is 10.0 Å². The molecular weight excluding hydrogens is 447 g/mol. The van der Waals surface area contributed by atoms with Crippen LogP contribution >= 0.6 is 23.2 Å². The van der Waals surface area contributed by atoms with Crippen LogP contribution in [0.3, 0.4) is 0 Å². The van der Waals surface area contributed by atoms with Crippen LogP contribution in [-0.4, -0.2) is 35.9 Å². The molecule has 0 bridgehead atoms. The SMILES string of the molecule is CCCNC(=O)C(C)N(Cc1ccc(Cl)c(Cl)c1)C(=O)COc1ccc(C(C)(C)C)cc1. The third-order valence-corrected chi connectivity index (χ3v) is 5.88. The molecule has 0 fully saturated rings. The van der Waals surface area contributed by atoms with E-state index in [1.165, 1.54) is 10.5 Å². The van der Waals surface area contributed by atoms with Crippen LogP contribution in [0.15, 0.2) is 42.5 Å². The van der Waals surface area contributed by atoms with Crippen molar-refractivity contribution >= 4 is 35.0 Å². The molecule has 1 N–H and O–H groups in total. The molecule has 0 saturated heterocycles. The Bertz CT molecular complexity index is 924. The van der Waals surface area contributed by atoms with E-state index in [9.17, 15) is 9.59 Å². The number of nitrogens with zero attached hydrogens (tertiary/aromatic N) is 1. The average molecular weight is 479 g/mol. The minimum absolute atomic E-state index is 0.0340. The van der Waals surface area contributed by atoms with Gasteiger partial charge in [0.15, 0.2) is 6.61 Å². The summed E-state index contributed by atoms with van der Waals surface area (Å²) in [5.74, 6) is 0.0915. The fraction of sp³-hybridized carbons (Fsp3) is 0.440. The van der Waals surface area contributed by atoms with Crippen LogP contribution in [0.5, 0.6) is 5.75 Å². The van der Waals surface area contributed by atoms with Crippen LogP contribution in [0.4, 0.5) is 0 Å². The number of carbonyl (C=O) groups excluding carboxylic acids is 2. The lowest BCUT2D eigenvalue weighted by molar-refractivity contribution is -0.142. The molecule has 2 aromatic rings. The fourth-order valence-electron chi connectivity index (χ4n) is 3.09. The number of benzene rings is 2. The van der Waals surface area contributed by atoms with Gasteiger partial charge in [0.25, 0.3) is 5.91 Å². The van der Waals surface area contributed by atoms with E-state index in [1.54, 1.807) is 25.1 Å². The quantitative estimate of drug-likeness (QED) is 0.509. The second-order valence-corrected chi connectivity index (χ2v) is 9.61. The maximum atomic E-state index is 13.1. The Morgan fingerprint density at radius 3 is 2.28 bits per heavy atom. The molecule has 32 heavy (non-hydrogen) atoms. The van der Waals surface area contributed by atoms with Crippen molar-refractivity contribution in [2.75, 3.05) is 13.2 Å². The van der Waals surface area contributed by atoms with Gasteiger partial charge in [-0.1, -0.05) is 69.1 Å². The van der Waals surface area contributed by atoms with E-state index in [0.717, 1.165) is 12.0 Å². The summed E-state index contributed by atoms with van der Waals surface area (Å²) in [6, 6.07) is 12.2. The number of amides is 2. The Morgan fingerprint density at radius 1 is 1.06 bits per heavy atom. The third-order valence-electron chi connectivity index (χ3n) is 5.14. The Labute approximate surface area is 201 Å². The smallest absolute Gasteiger partial charge is 0.261 e. The lowest BCUT2D eigenvalue weighted by Crippen LogP contribution is -2.49. The van der Waals surface area contributed by atoms with Crippen molar-refractivity contribution in [1.82, 2.24) is 10.2 Å². The van der Waals surface area contributed by atoms with Gasteiger partial charge in [0.2, 0.25) is 5.91 Å². The average Bonchev–Trinajstić information content (AvgIpc) is 2.75. The monoisotopic (exact) mass is 478 g/mol. The van der Waals surface area contributed by atoms with Crippen LogP contribution in [0.1, 0.15) is 52.2 Å². The number of nitrogens with one attached hydrogen (secondary N) is 1. The topological polar surface area (TPSA) is 58.6 Å². The minimum Gasteiger partial charge on any atom is -0.484 e. The highest BCUT2D eigenvalue weighted by molar-refractivity contribution is 6.42. The molecule has 2 rings (SSSR count). The van der Waals surface area contributed by atoms with Gasteiger partial charge < -0.3 is 15.0 Å². The molecule has 174 valence electrons. The van der Waals surface area contributed by atoms with Crippen molar-refractivity contribution in [3.8, 4) is 5.75 Å². The summed E-state index contributed by atoms with van der Waals surface area (Å²) in [5.41, 5.74) is 1.99. The molecule has 1 atom stereocenters. The fourth-order valence-corrected chi connectivity index (χ4v) is 3.41. The number of halogens is 2. The first-order valence-corrected chi connectivity index (χ1v) is 11.5. The first kappa shape index (κ1) is 26.0. The highest BCUT2D eigenvalue weighted by atomic mass is 35.5. The van der Waals surface area contributed by atoms with E-state index in [4.69, 9.17) is 27.9 Å². The first-order valence-electron chi connectivity index (χ1n) is 10.8. The van der Waals surface area contributed by atoms with Crippen LogP contribution in [0.25, 0.3) is 0 Å². The zero-order chi connectivity index (χ0) is 23.9. The van der Waals surface area contributed by atoms with Crippen molar-refractivity contribution in [1.29, 1.82) is 0 Å². The van der Waals surface area contributed by atoms with E-state index >= 15 is 0 Å². The molecule has 0 saturated carbocycles. The predicted molar refractivity (Wildman–Crippen MR) is 130 cm³/mol. The van der Waals surface area contributed by atoms with E-state index in [2.05, 4.69) is 26.1 Å². The summed E-state index contributed by atoms with van der Waals surface area (Å²) in [6.45, 7) is 10.7. The van der Waals surface area contributed by atoms with Gasteiger partial charge in [-0.3, -0.25) is 9.59 Å². The molecule has 1 unspecified atom stereocenters. The molecule has 0 spiro atoms. The van der Waals surface area contributed by atoms with Crippen molar-refractivity contribution in [2.24, 2.45) is 0 Å². The standard InChI is InChI=1S/C25H32Cl2N2O3/c1-6-13-28-24(31)17(2)29(15-18-7-12-21(26)22(27)14-18)23(30)16-32-20-10-8-19(9-11-20)25(3,4)5/h7-12,14,17H,6,13,15-16H2,1-5H3,(H,28,31). The van der Waals surface area contributed by atoms with E-state index in [-0.39, 0.29) is 30.4 Å². The molecule has 7 heteroatoms.